The molecule has 29 heavy (non-hydrogen) atoms. The third-order valence-electron chi connectivity index (χ3n) is 4.08. The van der Waals surface area contributed by atoms with Crippen LogP contribution in [0.25, 0.3) is 17.4 Å². The number of carbonyl (C=O) groups is 3. The number of thiocarbonyl (C=S) groups is 1. The number of thioether (sulfide) groups is 1. The number of carboxylic acids is 2. The molecule has 1 atom stereocenters. The third kappa shape index (κ3) is 4.95. The van der Waals surface area contributed by atoms with E-state index in [1.54, 1.807) is 12.1 Å². The molecule has 0 aliphatic carbocycles. The summed E-state index contributed by atoms with van der Waals surface area (Å²) in [4.78, 5) is 36.2. The number of carbonyl (C=O) groups excluding carboxylic acids is 1. The van der Waals surface area contributed by atoms with Gasteiger partial charge in [0.25, 0.3) is 5.91 Å². The van der Waals surface area contributed by atoms with Crippen molar-refractivity contribution in [3.63, 3.8) is 0 Å². The molecule has 0 bridgehead atoms. The van der Waals surface area contributed by atoms with E-state index in [0.29, 0.717) is 11.5 Å². The van der Waals surface area contributed by atoms with Gasteiger partial charge < -0.3 is 14.6 Å². The highest BCUT2D eigenvalue weighted by Gasteiger charge is 2.40. The van der Waals surface area contributed by atoms with Gasteiger partial charge in [-0.1, -0.05) is 52.0 Å². The molecule has 1 saturated heterocycles. The first-order valence-electron chi connectivity index (χ1n) is 8.33. The van der Waals surface area contributed by atoms with Crippen LogP contribution in [0.3, 0.4) is 0 Å². The zero-order chi connectivity index (χ0) is 21.1. The molecule has 1 aliphatic rings. The molecule has 0 spiro atoms. The summed E-state index contributed by atoms with van der Waals surface area (Å²) >= 11 is 9.49. The predicted octanol–water partition coefficient (Wildman–Crippen LogP) is 4.23. The molecule has 2 N–H and O–H groups in total. The van der Waals surface area contributed by atoms with E-state index < -0.39 is 23.9 Å². The van der Waals surface area contributed by atoms with Crippen LogP contribution in [0.15, 0.2) is 50.2 Å². The van der Waals surface area contributed by atoms with Gasteiger partial charge in [-0.15, -0.1) is 0 Å². The summed E-state index contributed by atoms with van der Waals surface area (Å²) in [5.74, 6) is -2.00. The lowest BCUT2D eigenvalue weighted by atomic mass is 10.1. The van der Waals surface area contributed by atoms with Gasteiger partial charge in [0, 0.05) is 22.5 Å². The van der Waals surface area contributed by atoms with Gasteiger partial charge in [-0.25, -0.2) is 4.79 Å². The molecule has 1 amide bonds. The minimum Gasteiger partial charge on any atom is -0.481 e. The number of amides is 1. The summed E-state index contributed by atoms with van der Waals surface area (Å²) in [7, 11) is 0. The van der Waals surface area contributed by atoms with E-state index in [1.165, 1.54) is 6.08 Å². The molecular formula is C19H14BrNO6S2. The Labute approximate surface area is 183 Å². The van der Waals surface area contributed by atoms with Gasteiger partial charge in [-0.2, -0.15) is 0 Å². The monoisotopic (exact) mass is 495 g/mol. The first-order chi connectivity index (χ1) is 13.8. The Morgan fingerprint density at radius 3 is 2.52 bits per heavy atom. The number of hydrogen-bond acceptors (Lipinski definition) is 6. The zero-order valence-electron chi connectivity index (χ0n) is 14.7. The molecule has 0 radical (unpaired) electrons. The summed E-state index contributed by atoms with van der Waals surface area (Å²) in [5.41, 5.74) is 0.861. The van der Waals surface area contributed by atoms with Crippen molar-refractivity contribution in [3.05, 3.63) is 51.5 Å². The molecule has 1 aliphatic heterocycles. The highest BCUT2D eigenvalue weighted by molar-refractivity contribution is 9.10. The number of furan rings is 1. The first-order valence-corrected chi connectivity index (χ1v) is 10.4. The molecule has 10 heteroatoms. The van der Waals surface area contributed by atoms with Crippen LogP contribution >= 0.6 is 39.9 Å². The second-order valence-electron chi connectivity index (χ2n) is 6.05. The van der Waals surface area contributed by atoms with Crippen LogP contribution in [0.2, 0.25) is 0 Å². The summed E-state index contributed by atoms with van der Waals surface area (Å²) in [5, 5.41) is 18.2. The minimum atomic E-state index is -1.33. The Kier molecular flexibility index (Phi) is 6.56. The zero-order valence-corrected chi connectivity index (χ0v) is 17.9. The van der Waals surface area contributed by atoms with Crippen LogP contribution in [0.4, 0.5) is 0 Å². The highest BCUT2D eigenvalue weighted by Crippen LogP contribution is 2.35. The lowest BCUT2D eigenvalue weighted by Gasteiger charge is -2.22. The predicted molar refractivity (Wildman–Crippen MR) is 115 cm³/mol. The summed E-state index contributed by atoms with van der Waals surface area (Å²) in [6.45, 7) is 0. The summed E-state index contributed by atoms with van der Waals surface area (Å²) in [6, 6.07) is 9.65. The maximum Gasteiger partial charge on any atom is 0.326 e. The van der Waals surface area contributed by atoms with Gasteiger partial charge in [0.1, 0.15) is 21.9 Å². The number of carboxylic acid groups (broad SMARTS) is 2. The summed E-state index contributed by atoms with van der Waals surface area (Å²) < 4.78 is 6.77. The smallest absolute Gasteiger partial charge is 0.326 e. The fourth-order valence-corrected chi connectivity index (χ4v) is 4.30. The number of rotatable bonds is 7. The SMILES string of the molecule is O=C(O)CCC(C(=O)O)N1C(=O)/C(=C\c2ccc(-c3ccc(Br)cc3)o2)SC1=S. The molecule has 0 saturated carbocycles. The van der Waals surface area contributed by atoms with Crippen molar-refractivity contribution in [2.24, 2.45) is 0 Å². The average molecular weight is 496 g/mol. The molecule has 2 heterocycles. The molecule has 1 aromatic carbocycles. The maximum absolute atomic E-state index is 12.7. The van der Waals surface area contributed by atoms with Crippen LogP contribution < -0.4 is 0 Å². The van der Waals surface area contributed by atoms with E-state index in [2.05, 4.69) is 15.9 Å². The Bertz CT molecular complexity index is 1010. The molecule has 3 rings (SSSR count). The Hall–Kier alpha value is -2.43. The van der Waals surface area contributed by atoms with Gasteiger partial charge in [0.05, 0.1) is 4.91 Å². The Balaban J connectivity index is 1.81. The van der Waals surface area contributed by atoms with E-state index in [0.717, 1.165) is 26.7 Å². The largest absolute Gasteiger partial charge is 0.481 e. The normalized spacial score (nSPS) is 16.4. The standard InChI is InChI=1S/C19H14BrNO6S2/c20-11-3-1-10(2-4-11)14-7-5-12(27-14)9-15-17(24)21(19(28)29-15)13(18(25)26)6-8-16(22)23/h1-5,7,9,13H,6,8H2,(H,22,23)(H,25,26)/b15-9+. The second-order valence-corrected chi connectivity index (χ2v) is 8.64. The van der Waals surface area contributed by atoms with E-state index in [9.17, 15) is 19.5 Å². The van der Waals surface area contributed by atoms with E-state index in [4.69, 9.17) is 21.7 Å². The van der Waals surface area contributed by atoms with Crippen LogP contribution in [0.1, 0.15) is 18.6 Å². The number of nitrogens with zero attached hydrogens (tertiary/aromatic N) is 1. The van der Waals surface area contributed by atoms with Gasteiger partial charge in [0.2, 0.25) is 0 Å². The quantitative estimate of drug-likeness (QED) is 0.433. The lowest BCUT2D eigenvalue weighted by Crippen LogP contribution is -2.44. The molecular weight excluding hydrogens is 482 g/mol. The van der Waals surface area contributed by atoms with Crippen molar-refractivity contribution in [1.29, 1.82) is 0 Å². The number of hydrogen-bond donors (Lipinski definition) is 2. The van der Waals surface area contributed by atoms with Gasteiger partial charge in [-0.3, -0.25) is 14.5 Å². The molecule has 1 unspecified atom stereocenters. The summed E-state index contributed by atoms with van der Waals surface area (Å²) in [6.07, 6.45) is 0.873. The third-order valence-corrected chi connectivity index (χ3v) is 5.94. The molecule has 7 nitrogen and oxygen atoms in total. The number of halogens is 1. The van der Waals surface area contributed by atoms with E-state index >= 15 is 0 Å². The van der Waals surface area contributed by atoms with Gasteiger partial charge in [0.15, 0.2) is 0 Å². The van der Waals surface area contributed by atoms with Crippen molar-refractivity contribution >= 4 is 68.2 Å². The van der Waals surface area contributed by atoms with Crippen LogP contribution in [0, 0.1) is 0 Å². The van der Waals surface area contributed by atoms with Crippen LogP contribution in [-0.4, -0.2) is 43.3 Å². The molecule has 150 valence electrons. The fraction of sp³-hybridized carbons (Fsp3) is 0.158. The van der Waals surface area contributed by atoms with Crippen molar-refractivity contribution in [2.75, 3.05) is 0 Å². The molecule has 1 aromatic heterocycles. The Morgan fingerprint density at radius 2 is 1.90 bits per heavy atom. The van der Waals surface area contributed by atoms with Gasteiger partial charge >= 0.3 is 11.9 Å². The molecule has 2 aromatic rings. The average Bonchev–Trinajstić information content (AvgIpc) is 3.22. The van der Waals surface area contributed by atoms with E-state index in [1.807, 2.05) is 24.3 Å². The lowest BCUT2D eigenvalue weighted by molar-refractivity contribution is -0.146. The number of aliphatic carboxylic acids is 2. The van der Waals surface area contributed by atoms with Crippen molar-refractivity contribution < 1.29 is 29.0 Å². The first kappa shape index (κ1) is 21.3. The van der Waals surface area contributed by atoms with Crippen LogP contribution in [-0.2, 0) is 14.4 Å². The van der Waals surface area contributed by atoms with Crippen molar-refractivity contribution in [3.8, 4) is 11.3 Å². The fourth-order valence-electron chi connectivity index (χ4n) is 2.70. The Morgan fingerprint density at radius 1 is 1.21 bits per heavy atom. The van der Waals surface area contributed by atoms with Crippen LogP contribution in [0.5, 0.6) is 0 Å². The topological polar surface area (TPSA) is 108 Å². The second kappa shape index (κ2) is 8.93. The number of benzene rings is 1. The van der Waals surface area contributed by atoms with E-state index in [-0.39, 0.29) is 22.1 Å². The van der Waals surface area contributed by atoms with Crippen molar-refractivity contribution in [1.82, 2.24) is 4.90 Å². The highest BCUT2D eigenvalue weighted by atomic mass is 79.9. The van der Waals surface area contributed by atoms with Crippen molar-refractivity contribution in [2.45, 2.75) is 18.9 Å². The maximum atomic E-state index is 12.7. The molecule has 1 fully saturated rings. The van der Waals surface area contributed by atoms with Gasteiger partial charge in [-0.05, 0) is 30.7 Å². The minimum absolute atomic E-state index is 0.0683.